The summed E-state index contributed by atoms with van der Waals surface area (Å²) in [7, 11) is 0. The molecule has 0 unspecified atom stereocenters. The fraction of sp³-hybridized carbons (Fsp3) is 0. The Kier molecular flexibility index (Phi) is 2.88. The molecule has 0 atom stereocenters. The van der Waals surface area contributed by atoms with E-state index in [4.69, 9.17) is 5.11 Å². The van der Waals surface area contributed by atoms with E-state index in [1.165, 1.54) is 11.3 Å². The van der Waals surface area contributed by atoms with Crippen molar-refractivity contribution in [1.82, 2.24) is 9.97 Å². The Labute approximate surface area is 102 Å². The summed E-state index contributed by atoms with van der Waals surface area (Å²) in [6.07, 6.45) is 0. The lowest BCUT2D eigenvalue weighted by molar-refractivity contribution is 0.0690. The summed E-state index contributed by atoms with van der Waals surface area (Å²) in [6.45, 7) is 0. The van der Waals surface area contributed by atoms with Crippen LogP contribution in [0.4, 0.5) is 0 Å². The number of aromatic carboxylic acids is 1. The van der Waals surface area contributed by atoms with E-state index in [1.54, 1.807) is 6.07 Å². The summed E-state index contributed by atoms with van der Waals surface area (Å²) in [4.78, 5) is 29.0. The van der Waals surface area contributed by atoms with Gasteiger partial charge in [-0.25, -0.2) is 9.78 Å². The number of carboxylic acids is 1. The van der Waals surface area contributed by atoms with Crippen molar-refractivity contribution < 1.29 is 9.90 Å². The lowest BCUT2D eigenvalue weighted by atomic mass is 10.3. The monoisotopic (exact) mass is 300 g/mol. The van der Waals surface area contributed by atoms with Gasteiger partial charge in [0.25, 0.3) is 5.56 Å². The number of thiophene rings is 1. The van der Waals surface area contributed by atoms with Crippen LogP contribution in [0.5, 0.6) is 0 Å². The van der Waals surface area contributed by atoms with Crippen molar-refractivity contribution in [2.45, 2.75) is 0 Å². The zero-order chi connectivity index (χ0) is 11.7. The maximum atomic E-state index is 11.3. The van der Waals surface area contributed by atoms with Crippen molar-refractivity contribution in [3.05, 3.63) is 38.0 Å². The summed E-state index contributed by atoms with van der Waals surface area (Å²) in [5.41, 5.74) is -0.748. The minimum Gasteiger partial charge on any atom is -0.477 e. The Morgan fingerprint density at radius 3 is 2.88 bits per heavy atom. The lowest BCUT2D eigenvalue weighted by Gasteiger charge is -1.99. The molecule has 0 bridgehead atoms. The predicted octanol–water partition coefficient (Wildman–Crippen LogP) is 1.96. The van der Waals surface area contributed by atoms with E-state index in [9.17, 15) is 9.59 Å². The quantitative estimate of drug-likeness (QED) is 0.888. The third kappa shape index (κ3) is 2.05. The van der Waals surface area contributed by atoms with Crippen LogP contribution in [-0.2, 0) is 0 Å². The minimum absolute atomic E-state index is 0.256. The molecule has 0 saturated heterocycles. The number of carboxylic acid groups (broad SMARTS) is 1. The van der Waals surface area contributed by atoms with Crippen molar-refractivity contribution in [2.24, 2.45) is 0 Å². The normalized spacial score (nSPS) is 10.3. The van der Waals surface area contributed by atoms with E-state index in [1.807, 2.05) is 5.38 Å². The first-order valence-electron chi connectivity index (χ1n) is 4.16. The highest BCUT2D eigenvalue weighted by atomic mass is 79.9. The number of nitrogens with zero attached hydrogens (tertiary/aromatic N) is 1. The van der Waals surface area contributed by atoms with Crippen LogP contribution < -0.4 is 5.56 Å². The van der Waals surface area contributed by atoms with Crippen molar-refractivity contribution >= 4 is 33.2 Å². The Morgan fingerprint density at radius 2 is 2.31 bits per heavy atom. The topological polar surface area (TPSA) is 83.0 Å². The molecular formula is C9H5BrN2O3S. The van der Waals surface area contributed by atoms with Crippen LogP contribution in [0, 0.1) is 0 Å². The number of halogens is 1. The van der Waals surface area contributed by atoms with Crippen LogP contribution in [-0.4, -0.2) is 21.0 Å². The minimum atomic E-state index is -1.22. The molecule has 7 heteroatoms. The van der Waals surface area contributed by atoms with Gasteiger partial charge in [-0.15, -0.1) is 11.3 Å². The van der Waals surface area contributed by atoms with Gasteiger partial charge in [0, 0.05) is 10.5 Å². The molecule has 0 spiro atoms. The zero-order valence-electron chi connectivity index (χ0n) is 7.73. The molecule has 0 aromatic carbocycles. The molecule has 0 saturated carbocycles. The fourth-order valence-electron chi connectivity index (χ4n) is 1.14. The van der Waals surface area contributed by atoms with Gasteiger partial charge in [-0.1, -0.05) is 0 Å². The molecule has 16 heavy (non-hydrogen) atoms. The number of rotatable bonds is 2. The van der Waals surface area contributed by atoms with Crippen LogP contribution in [0.2, 0.25) is 0 Å². The number of hydrogen-bond acceptors (Lipinski definition) is 4. The van der Waals surface area contributed by atoms with E-state index in [-0.39, 0.29) is 11.5 Å². The van der Waals surface area contributed by atoms with Gasteiger partial charge in [0.05, 0.1) is 4.88 Å². The molecular weight excluding hydrogens is 296 g/mol. The summed E-state index contributed by atoms with van der Waals surface area (Å²) >= 11 is 4.65. The Hall–Kier alpha value is -1.47. The van der Waals surface area contributed by atoms with E-state index in [0.29, 0.717) is 4.88 Å². The fourth-order valence-corrected chi connectivity index (χ4v) is 2.64. The first-order valence-corrected chi connectivity index (χ1v) is 5.83. The SMILES string of the molecule is O=C(O)c1cc(=O)[nH]c(-c2sccc2Br)n1. The molecule has 0 aliphatic heterocycles. The van der Waals surface area contributed by atoms with Gasteiger partial charge in [-0.2, -0.15) is 0 Å². The van der Waals surface area contributed by atoms with Gasteiger partial charge < -0.3 is 10.1 Å². The first kappa shape index (κ1) is 11.0. The Morgan fingerprint density at radius 1 is 1.56 bits per heavy atom. The smallest absolute Gasteiger partial charge is 0.354 e. The van der Waals surface area contributed by atoms with E-state index in [2.05, 4.69) is 25.9 Å². The molecule has 0 fully saturated rings. The molecule has 2 aromatic heterocycles. The highest BCUT2D eigenvalue weighted by Crippen LogP contribution is 2.30. The second kappa shape index (κ2) is 4.18. The number of aromatic nitrogens is 2. The number of carbonyl (C=O) groups is 1. The summed E-state index contributed by atoms with van der Waals surface area (Å²) < 4.78 is 0.767. The first-order chi connectivity index (χ1) is 7.58. The van der Waals surface area contributed by atoms with E-state index >= 15 is 0 Å². The summed E-state index contributed by atoms with van der Waals surface area (Å²) in [6, 6.07) is 2.75. The average Bonchev–Trinajstić information content (AvgIpc) is 2.63. The second-order valence-electron chi connectivity index (χ2n) is 2.88. The molecule has 0 aliphatic rings. The summed E-state index contributed by atoms with van der Waals surface area (Å²) in [5, 5.41) is 10.6. The lowest BCUT2D eigenvalue weighted by Crippen LogP contribution is -2.13. The maximum absolute atomic E-state index is 11.3. The highest BCUT2D eigenvalue weighted by Gasteiger charge is 2.12. The third-order valence-electron chi connectivity index (χ3n) is 1.79. The summed E-state index contributed by atoms with van der Waals surface area (Å²) in [5.74, 6) is -0.966. The zero-order valence-corrected chi connectivity index (χ0v) is 10.1. The molecule has 2 rings (SSSR count). The van der Waals surface area contributed by atoms with Crippen LogP contribution in [0.3, 0.4) is 0 Å². The van der Waals surface area contributed by atoms with Gasteiger partial charge in [0.2, 0.25) is 0 Å². The average molecular weight is 301 g/mol. The van der Waals surface area contributed by atoms with Crippen LogP contribution in [0.25, 0.3) is 10.7 Å². The highest BCUT2D eigenvalue weighted by molar-refractivity contribution is 9.10. The van der Waals surface area contributed by atoms with Crippen LogP contribution in [0.15, 0.2) is 26.8 Å². The molecule has 2 aromatic rings. The maximum Gasteiger partial charge on any atom is 0.354 e. The molecule has 82 valence electrons. The largest absolute Gasteiger partial charge is 0.477 e. The third-order valence-corrected chi connectivity index (χ3v) is 3.64. The Bertz CT molecular complexity index is 605. The Balaban J connectivity index is 2.63. The van der Waals surface area contributed by atoms with Gasteiger partial charge in [-0.3, -0.25) is 4.79 Å². The van der Waals surface area contributed by atoms with Crippen LogP contribution in [0.1, 0.15) is 10.5 Å². The number of aromatic amines is 1. The van der Waals surface area contributed by atoms with E-state index in [0.717, 1.165) is 10.5 Å². The molecule has 2 N–H and O–H groups in total. The van der Waals surface area contributed by atoms with E-state index < -0.39 is 11.5 Å². The molecule has 0 amide bonds. The van der Waals surface area contributed by atoms with Crippen molar-refractivity contribution in [3.8, 4) is 10.7 Å². The standard InChI is InChI=1S/C9H5BrN2O3S/c10-4-1-2-16-7(4)8-11-5(9(14)15)3-6(13)12-8/h1-3H,(H,14,15)(H,11,12,13). The van der Waals surface area contributed by atoms with Crippen molar-refractivity contribution in [1.29, 1.82) is 0 Å². The second-order valence-corrected chi connectivity index (χ2v) is 4.65. The van der Waals surface area contributed by atoms with Crippen molar-refractivity contribution in [3.63, 3.8) is 0 Å². The van der Waals surface area contributed by atoms with Gasteiger partial charge in [0.1, 0.15) is 0 Å². The van der Waals surface area contributed by atoms with Gasteiger partial charge in [0.15, 0.2) is 11.5 Å². The molecule has 0 radical (unpaired) electrons. The molecule has 2 heterocycles. The number of H-pyrrole nitrogens is 1. The van der Waals surface area contributed by atoms with Gasteiger partial charge >= 0.3 is 5.97 Å². The van der Waals surface area contributed by atoms with Gasteiger partial charge in [-0.05, 0) is 27.4 Å². The predicted molar refractivity (Wildman–Crippen MR) is 62.8 cm³/mol. The molecule has 0 aliphatic carbocycles. The molecule has 5 nitrogen and oxygen atoms in total. The number of nitrogens with one attached hydrogen (secondary N) is 1. The van der Waals surface area contributed by atoms with Crippen molar-refractivity contribution in [2.75, 3.05) is 0 Å². The van der Waals surface area contributed by atoms with Crippen LogP contribution >= 0.6 is 27.3 Å². The number of hydrogen-bond donors (Lipinski definition) is 2.